The van der Waals surface area contributed by atoms with Crippen molar-refractivity contribution in [2.75, 3.05) is 25.0 Å². The second-order valence-corrected chi connectivity index (χ2v) is 10.3. The van der Waals surface area contributed by atoms with Gasteiger partial charge >= 0.3 is 6.09 Å². The van der Waals surface area contributed by atoms with Gasteiger partial charge in [-0.2, -0.15) is 0 Å². The van der Waals surface area contributed by atoms with Crippen LogP contribution in [0.2, 0.25) is 0 Å². The van der Waals surface area contributed by atoms with Gasteiger partial charge in [-0.1, -0.05) is 12.1 Å². The number of aromatic nitrogens is 2. The highest BCUT2D eigenvalue weighted by atomic mass is 19.1. The molecule has 1 aromatic carbocycles. The number of hydrogen-bond acceptors (Lipinski definition) is 6. The fourth-order valence-corrected chi connectivity index (χ4v) is 3.76. The Balaban J connectivity index is 1.35. The van der Waals surface area contributed by atoms with Gasteiger partial charge in [-0.3, -0.25) is 9.36 Å². The van der Waals surface area contributed by atoms with Gasteiger partial charge in [-0.05, 0) is 63.6 Å². The van der Waals surface area contributed by atoms with E-state index in [1.165, 1.54) is 22.8 Å². The quantitative estimate of drug-likeness (QED) is 0.506. The molecule has 0 bridgehead atoms. The molecule has 1 amide bonds. The van der Waals surface area contributed by atoms with E-state index in [0.29, 0.717) is 24.5 Å². The molecule has 1 aliphatic heterocycles. The summed E-state index contributed by atoms with van der Waals surface area (Å²) in [5.74, 6) is 0.858. The van der Waals surface area contributed by atoms with Gasteiger partial charge in [-0.25, -0.2) is 14.2 Å². The van der Waals surface area contributed by atoms with Crippen molar-refractivity contribution in [1.82, 2.24) is 14.5 Å². The number of rotatable bonds is 6. The third-order valence-corrected chi connectivity index (χ3v) is 6.21. The van der Waals surface area contributed by atoms with Crippen molar-refractivity contribution in [2.45, 2.75) is 45.4 Å². The van der Waals surface area contributed by atoms with Crippen molar-refractivity contribution in [3.8, 4) is 11.4 Å². The zero-order chi connectivity index (χ0) is 26.1. The Labute approximate surface area is 209 Å². The average Bonchev–Trinajstić information content (AvgIpc) is 2.81. The number of amides is 1. The second kappa shape index (κ2) is 9.64. The number of carbonyl (C=O) groups excluding carboxylic acids is 1. The normalized spacial score (nSPS) is 14.7. The Morgan fingerprint density at radius 3 is 2.42 bits per heavy atom. The molecule has 0 aliphatic carbocycles. The van der Waals surface area contributed by atoms with E-state index in [-0.39, 0.29) is 29.6 Å². The van der Waals surface area contributed by atoms with Crippen LogP contribution in [0, 0.1) is 5.82 Å². The number of carbonyl (C=O) groups is 1. The lowest BCUT2D eigenvalue weighted by Crippen LogP contribution is -2.63. The number of pyridine rings is 2. The fraction of sp³-hybridized carbons (Fsp3) is 0.370. The molecule has 0 spiro atoms. The van der Waals surface area contributed by atoms with E-state index in [4.69, 9.17) is 9.47 Å². The van der Waals surface area contributed by atoms with Crippen LogP contribution in [0.3, 0.4) is 0 Å². The van der Waals surface area contributed by atoms with Gasteiger partial charge in [0.05, 0.1) is 25.0 Å². The summed E-state index contributed by atoms with van der Waals surface area (Å²) in [4.78, 5) is 33.2. The smallest absolute Gasteiger partial charge is 0.410 e. The lowest BCUT2D eigenvalue weighted by molar-refractivity contribution is -0.0232. The summed E-state index contributed by atoms with van der Waals surface area (Å²) in [7, 11) is 1.73. The monoisotopic (exact) mass is 494 g/mol. The number of ether oxygens (including phenoxy) is 2. The first-order valence-electron chi connectivity index (χ1n) is 11.7. The zero-order valence-corrected chi connectivity index (χ0v) is 21.2. The molecule has 3 aromatic rings. The number of benzene rings is 1. The summed E-state index contributed by atoms with van der Waals surface area (Å²) in [5.41, 5.74) is 0.262. The molecule has 3 heterocycles. The predicted octanol–water partition coefficient (Wildman–Crippen LogP) is 4.40. The molecule has 0 unspecified atom stereocenters. The SMILES string of the molecule is CN(C(=O)OC1(C)CN(c2ccc(-n3ccc(OCc4ccc(F)cc4)cc3=O)cn2)C1)C(C)(C)C. The van der Waals surface area contributed by atoms with E-state index >= 15 is 0 Å². The minimum absolute atomic E-state index is 0.233. The van der Waals surface area contributed by atoms with Gasteiger partial charge in [-0.15, -0.1) is 0 Å². The number of halogens is 1. The van der Waals surface area contributed by atoms with E-state index in [1.807, 2.05) is 44.7 Å². The Hall–Kier alpha value is -3.88. The molecular weight excluding hydrogens is 463 g/mol. The molecular formula is C27H31FN4O4. The van der Waals surface area contributed by atoms with Crippen LogP contribution in [0.25, 0.3) is 5.69 Å². The molecule has 0 N–H and O–H groups in total. The van der Waals surface area contributed by atoms with Crippen molar-refractivity contribution in [1.29, 1.82) is 0 Å². The van der Waals surface area contributed by atoms with Crippen LogP contribution in [0.5, 0.6) is 5.75 Å². The van der Waals surface area contributed by atoms with Gasteiger partial charge in [0, 0.05) is 24.8 Å². The summed E-state index contributed by atoms with van der Waals surface area (Å²) in [6, 6.07) is 12.8. The molecule has 8 nitrogen and oxygen atoms in total. The molecule has 190 valence electrons. The molecule has 4 rings (SSSR count). The minimum Gasteiger partial charge on any atom is -0.489 e. The van der Waals surface area contributed by atoms with Crippen molar-refractivity contribution in [2.24, 2.45) is 0 Å². The summed E-state index contributed by atoms with van der Waals surface area (Å²) < 4.78 is 25.9. The van der Waals surface area contributed by atoms with Crippen molar-refractivity contribution < 1.29 is 18.7 Å². The first-order chi connectivity index (χ1) is 16.9. The van der Waals surface area contributed by atoms with Crippen LogP contribution in [0.1, 0.15) is 33.3 Å². The molecule has 36 heavy (non-hydrogen) atoms. The number of nitrogens with zero attached hydrogens (tertiary/aromatic N) is 4. The van der Waals surface area contributed by atoms with Crippen LogP contribution < -0.4 is 15.2 Å². The Morgan fingerprint density at radius 1 is 1.14 bits per heavy atom. The molecule has 1 saturated heterocycles. The minimum atomic E-state index is -0.586. The predicted molar refractivity (Wildman–Crippen MR) is 135 cm³/mol. The first kappa shape index (κ1) is 25.2. The molecule has 2 aromatic heterocycles. The highest BCUT2D eigenvalue weighted by molar-refractivity contribution is 5.69. The summed E-state index contributed by atoms with van der Waals surface area (Å²) >= 11 is 0. The van der Waals surface area contributed by atoms with Crippen LogP contribution in [-0.4, -0.2) is 51.8 Å². The zero-order valence-electron chi connectivity index (χ0n) is 21.2. The summed E-state index contributed by atoms with van der Waals surface area (Å²) in [5, 5.41) is 0. The van der Waals surface area contributed by atoms with E-state index < -0.39 is 5.60 Å². The Bertz CT molecular complexity index is 1280. The lowest BCUT2D eigenvalue weighted by Gasteiger charge is -2.48. The van der Waals surface area contributed by atoms with Crippen molar-refractivity contribution in [3.05, 3.63) is 82.7 Å². The summed E-state index contributed by atoms with van der Waals surface area (Å²) in [6.45, 7) is 9.06. The Morgan fingerprint density at radius 2 is 1.83 bits per heavy atom. The van der Waals surface area contributed by atoms with E-state index in [0.717, 1.165) is 11.4 Å². The van der Waals surface area contributed by atoms with Crippen LogP contribution in [-0.2, 0) is 11.3 Å². The fourth-order valence-electron chi connectivity index (χ4n) is 3.76. The molecule has 9 heteroatoms. The van der Waals surface area contributed by atoms with E-state index in [1.54, 1.807) is 42.5 Å². The summed E-state index contributed by atoms with van der Waals surface area (Å²) in [6.07, 6.45) is 2.91. The average molecular weight is 495 g/mol. The lowest BCUT2D eigenvalue weighted by atomic mass is 9.96. The highest BCUT2D eigenvalue weighted by Crippen LogP contribution is 2.30. The van der Waals surface area contributed by atoms with E-state index in [9.17, 15) is 14.0 Å². The standard InChI is InChI=1S/C27H31FN4O4/c1-26(2,3)30(5)25(34)36-27(4)17-31(18-27)23-11-10-21(15-29-23)32-13-12-22(14-24(32)33)35-16-19-6-8-20(28)9-7-19/h6-15H,16-18H2,1-5H3. The Kier molecular flexibility index (Phi) is 6.75. The third-order valence-electron chi connectivity index (χ3n) is 6.21. The molecule has 0 radical (unpaired) electrons. The van der Waals surface area contributed by atoms with Crippen molar-refractivity contribution in [3.63, 3.8) is 0 Å². The van der Waals surface area contributed by atoms with Crippen LogP contribution >= 0.6 is 0 Å². The molecule has 1 fully saturated rings. The van der Waals surface area contributed by atoms with Gasteiger partial charge in [0.1, 0.15) is 29.6 Å². The van der Waals surface area contributed by atoms with Gasteiger partial charge < -0.3 is 19.3 Å². The number of hydrogen-bond donors (Lipinski definition) is 0. The third kappa shape index (κ3) is 5.67. The van der Waals surface area contributed by atoms with Gasteiger partial charge in [0.2, 0.25) is 0 Å². The number of anilines is 1. The van der Waals surface area contributed by atoms with Crippen molar-refractivity contribution >= 4 is 11.9 Å². The molecule has 0 atom stereocenters. The molecule has 1 aliphatic rings. The van der Waals surface area contributed by atoms with E-state index in [2.05, 4.69) is 4.98 Å². The maximum atomic E-state index is 13.0. The first-order valence-corrected chi connectivity index (χ1v) is 11.7. The maximum Gasteiger partial charge on any atom is 0.410 e. The van der Waals surface area contributed by atoms with Gasteiger partial charge in [0.25, 0.3) is 5.56 Å². The van der Waals surface area contributed by atoms with Crippen LogP contribution in [0.15, 0.2) is 65.7 Å². The second-order valence-electron chi connectivity index (χ2n) is 10.3. The molecule has 0 saturated carbocycles. The maximum absolute atomic E-state index is 13.0. The largest absolute Gasteiger partial charge is 0.489 e. The highest BCUT2D eigenvalue weighted by Gasteiger charge is 2.44. The topological polar surface area (TPSA) is 76.9 Å². The van der Waals surface area contributed by atoms with Crippen LogP contribution in [0.4, 0.5) is 15.0 Å². The van der Waals surface area contributed by atoms with Gasteiger partial charge in [0.15, 0.2) is 0 Å².